The average Bonchev–Trinajstić information content (AvgIpc) is 2.69. The number of fused-ring (bicyclic) bond motifs is 3. The molecule has 166 valence electrons. The fourth-order valence-corrected chi connectivity index (χ4v) is 5.53. The maximum absolute atomic E-state index is 13.6. The number of phenolic OH excluding ortho intramolecular Hbond substituents is 1. The van der Waals surface area contributed by atoms with Crippen molar-refractivity contribution in [2.75, 3.05) is 14.1 Å². The van der Waals surface area contributed by atoms with Crippen molar-refractivity contribution in [3.8, 4) is 5.75 Å². The summed E-state index contributed by atoms with van der Waals surface area (Å²) in [6.07, 6.45) is -1.71. The maximum Gasteiger partial charge on any atom is 0.202 e. The summed E-state index contributed by atoms with van der Waals surface area (Å²) in [6.45, 7) is 2.58. The first-order chi connectivity index (χ1) is 14.3. The highest BCUT2D eigenvalue weighted by molar-refractivity contribution is 6.14. The monoisotopic (exact) mass is 431 g/mol. The van der Waals surface area contributed by atoms with Gasteiger partial charge < -0.3 is 30.6 Å². The van der Waals surface area contributed by atoms with Crippen LogP contribution in [0.4, 0.5) is 0 Å². The lowest BCUT2D eigenvalue weighted by atomic mass is 9.53. The molecular formula is C22H25NO8. The summed E-state index contributed by atoms with van der Waals surface area (Å²) in [5, 5.41) is 66.2. The number of rotatable bonds is 1. The van der Waals surface area contributed by atoms with Gasteiger partial charge in [0.25, 0.3) is 0 Å². The SMILES string of the molecule is CC1=C(O)[C@@]2(O)C(=O)C3=C(O)c4c(O)cccc4[C@@](C)(O)[C@H]3[C@H](O)[C@H]2C(N(C)C)C1=O. The van der Waals surface area contributed by atoms with E-state index in [4.69, 9.17) is 0 Å². The van der Waals surface area contributed by atoms with Crippen molar-refractivity contribution >= 4 is 17.3 Å². The Labute approximate surface area is 178 Å². The Bertz CT molecular complexity index is 1080. The molecule has 0 heterocycles. The number of aliphatic hydroxyl groups excluding tert-OH is 3. The molecule has 1 aromatic rings. The molecule has 0 aliphatic heterocycles. The fraction of sp³-hybridized carbons (Fsp3) is 0.455. The summed E-state index contributed by atoms with van der Waals surface area (Å²) >= 11 is 0. The van der Waals surface area contributed by atoms with Crippen LogP contribution in [0.2, 0.25) is 0 Å². The number of Topliss-reactive ketones (excluding diaryl/α,β-unsaturated/α-hetero) is 2. The summed E-state index contributed by atoms with van der Waals surface area (Å²) in [6, 6.07) is 2.97. The van der Waals surface area contributed by atoms with E-state index in [9.17, 15) is 40.2 Å². The minimum atomic E-state index is -2.70. The fourth-order valence-electron chi connectivity index (χ4n) is 5.53. The molecule has 3 aliphatic rings. The van der Waals surface area contributed by atoms with Crippen LogP contribution in [0.1, 0.15) is 25.0 Å². The van der Waals surface area contributed by atoms with Gasteiger partial charge in [-0.2, -0.15) is 0 Å². The van der Waals surface area contributed by atoms with Gasteiger partial charge in [0.2, 0.25) is 5.78 Å². The van der Waals surface area contributed by atoms with Gasteiger partial charge in [-0.1, -0.05) is 12.1 Å². The first-order valence-electron chi connectivity index (χ1n) is 9.84. The molecule has 0 amide bonds. The van der Waals surface area contributed by atoms with Crippen LogP contribution in [-0.2, 0) is 15.2 Å². The van der Waals surface area contributed by atoms with Crippen molar-refractivity contribution in [1.82, 2.24) is 4.90 Å². The van der Waals surface area contributed by atoms with E-state index in [1.165, 1.54) is 51.0 Å². The molecule has 0 spiro atoms. The Morgan fingerprint density at radius 3 is 2.26 bits per heavy atom. The third kappa shape index (κ3) is 2.40. The van der Waals surface area contributed by atoms with Crippen LogP contribution in [0.15, 0.2) is 35.1 Å². The second kappa shape index (κ2) is 6.39. The number of hydrogen-bond donors (Lipinski definition) is 6. The molecule has 6 atom stereocenters. The van der Waals surface area contributed by atoms with Crippen LogP contribution in [-0.4, -0.2) is 78.9 Å². The smallest absolute Gasteiger partial charge is 0.202 e. The van der Waals surface area contributed by atoms with E-state index in [1.807, 2.05) is 0 Å². The third-order valence-corrected chi connectivity index (χ3v) is 7.03. The van der Waals surface area contributed by atoms with E-state index >= 15 is 0 Å². The zero-order chi connectivity index (χ0) is 23.2. The first-order valence-corrected chi connectivity index (χ1v) is 9.84. The van der Waals surface area contributed by atoms with Gasteiger partial charge in [-0.25, -0.2) is 0 Å². The van der Waals surface area contributed by atoms with E-state index in [2.05, 4.69) is 0 Å². The molecule has 3 aliphatic carbocycles. The predicted octanol–water partition coefficient (Wildman–Crippen LogP) is 0.134. The number of phenols is 1. The Morgan fingerprint density at radius 2 is 1.68 bits per heavy atom. The quantitative estimate of drug-likeness (QED) is 0.363. The van der Waals surface area contributed by atoms with Crippen molar-refractivity contribution < 1.29 is 40.2 Å². The summed E-state index contributed by atoms with van der Waals surface area (Å²) < 4.78 is 0. The van der Waals surface area contributed by atoms with E-state index in [1.54, 1.807) is 0 Å². The second-order valence-electron chi connectivity index (χ2n) is 8.95. The molecular weight excluding hydrogens is 406 g/mol. The van der Waals surface area contributed by atoms with Gasteiger partial charge in [0.15, 0.2) is 11.4 Å². The number of benzene rings is 1. The molecule has 0 saturated heterocycles. The molecule has 6 N–H and O–H groups in total. The second-order valence-corrected chi connectivity index (χ2v) is 8.95. The lowest BCUT2D eigenvalue weighted by molar-refractivity contribution is -0.181. The van der Waals surface area contributed by atoms with Gasteiger partial charge in [-0.3, -0.25) is 14.5 Å². The van der Waals surface area contributed by atoms with Gasteiger partial charge in [-0.15, -0.1) is 0 Å². The highest BCUT2D eigenvalue weighted by Crippen LogP contribution is 2.57. The van der Waals surface area contributed by atoms with E-state index in [-0.39, 0.29) is 16.7 Å². The molecule has 9 nitrogen and oxygen atoms in total. The average molecular weight is 431 g/mol. The van der Waals surface area contributed by atoms with Crippen molar-refractivity contribution in [2.45, 2.75) is 37.2 Å². The number of likely N-dealkylation sites (N-methyl/N-ethyl adjacent to an activating group) is 1. The van der Waals surface area contributed by atoms with Crippen LogP contribution in [0.5, 0.6) is 5.75 Å². The van der Waals surface area contributed by atoms with Gasteiger partial charge in [0.05, 0.1) is 40.7 Å². The minimum absolute atomic E-state index is 0.0792. The Hall–Kier alpha value is -2.72. The molecule has 9 heteroatoms. The zero-order valence-electron chi connectivity index (χ0n) is 17.5. The van der Waals surface area contributed by atoms with Gasteiger partial charge in [0, 0.05) is 5.57 Å². The lowest BCUT2D eigenvalue weighted by Crippen LogP contribution is -2.71. The summed E-state index contributed by atoms with van der Waals surface area (Å²) in [5.41, 5.74) is -5.52. The van der Waals surface area contributed by atoms with Gasteiger partial charge >= 0.3 is 0 Å². The molecule has 1 fully saturated rings. The third-order valence-electron chi connectivity index (χ3n) is 7.03. The molecule has 4 rings (SSSR count). The van der Waals surface area contributed by atoms with Gasteiger partial charge in [0.1, 0.15) is 17.3 Å². The number of nitrogens with zero attached hydrogens (tertiary/aromatic N) is 1. The normalized spacial score (nSPS) is 37.7. The molecule has 0 bridgehead atoms. The Kier molecular flexibility index (Phi) is 4.44. The molecule has 0 radical (unpaired) electrons. The topological polar surface area (TPSA) is 159 Å². The molecule has 1 unspecified atom stereocenters. The van der Waals surface area contributed by atoms with Crippen LogP contribution in [0.25, 0.3) is 5.76 Å². The van der Waals surface area contributed by atoms with Crippen LogP contribution < -0.4 is 0 Å². The lowest BCUT2D eigenvalue weighted by Gasteiger charge is -2.55. The van der Waals surface area contributed by atoms with Crippen molar-refractivity contribution in [3.05, 3.63) is 46.2 Å². The Morgan fingerprint density at radius 1 is 1.06 bits per heavy atom. The first kappa shape index (κ1) is 21.5. The van der Waals surface area contributed by atoms with E-state index in [0.29, 0.717) is 0 Å². The van der Waals surface area contributed by atoms with E-state index in [0.717, 1.165) is 0 Å². The maximum atomic E-state index is 13.6. The number of aliphatic hydroxyl groups is 5. The van der Waals surface area contributed by atoms with E-state index < -0.39 is 69.6 Å². The van der Waals surface area contributed by atoms with Crippen LogP contribution in [0.3, 0.4) is 0 Å². The molecule has 1 saturated carbocycles. The molecule has 31 heavy (non-hydrogen) atoms. The van der Waals surface area contributed by atoms with Gasteiger partial charge in [-0.05, 0) is 39.6 Å². The number of carbonyl (C=O) groups is 2. The van der Waals surface area contributed by atoms with Crippen LogP contribution in [0, 0.1) is 11.8 Å². The summed E-state index contributed by atoms with van der Waals surface area (Å²) in [5.74, 6) is -6.67. The van der Waals surface area contributed by atoms with Crippen molar-refractivity contribution in [3.63, 3.8) is 0 Å². The highest BCUT2D eigenvalue weighted by Gasteiger charge is 2.69. The number of carbonyl (C=O) groups excluding carboxylic acids is 2. The summed E-state index contributed by atoms with van der Waals surface area (Å²) in [7, 11) is 3.07. The summed E-state index contributed by atoms with van der Waals surface area (Å²) in [4.78, 5) is 27.9. The molecule has 1 aromatic carbocycles. The Balaban J connectivity index is 2.08. The number of hydrogen-bond acceptors (Lipinski definition) is 9. The standard InChI is InChI=1S/C22H25NO8/c1-8-16(25)15(23(3)4)14-18(27)13-12(20(29)22(14,31)19(8)28)17(26)11-9(21(13,2)30)6-5-7-10(11)24/h5-7,13-15,18,24,26-28,30-31H,1-4H3/t13-,14-,15?,18+,21-,22-/m1/s1. The number of ketones is 2. The highest BCUT2D eigenvalue weighted by atomic mass is 16.4. The van der Waals surface area contributed by atoms with Crippen molar-refractivity contribution in [1.29, 1.82) is 0 Å². The van der Waals surface area contributed by atoms with Crippen molar-refractivity contribution in [2.24, 2.45) is 11.8 Å². The zero-order valence-corrected chi connectivity index (χ0v) is 17.5. The minimum Gasteiger partial charge on any atom is -0.508 e. The molecule has 0 aromatic heterocycles. The van der Waals surface area contributed by atoms with Crippen LogP contribution >= 0.6 is 0 Å². The largest absolute Gasteiger partial charge is 0.508 e. The number of aromatic hydroxyl groups is 1. The predicted molar refractivity (Wildman–Crippen MR) is 108 cm³/mol.